The molecule has 18 heavy (non-hydrogen) atoms. The van der Waals surface area contributed by atoms with Gasteiger partial charge >= 0.3 is 0 Å². The molecule has 0 radical (unpaired) electrons. The van der Waals surface area contributed by atoms with Crippen LogP contribution in [0.15, 0.2) is 24.3 Å². The van der Waals surface area contributed by atoms with Gasteiger partial charge in [-0.25, -0.2) is 0 Å². The number of anilines is 1. The van der Waals surface area contributed by atoms with Gasteiger partial charge in [0.05, 0.1) is 0 Å². The second-order valence-corrected chi connectivity index (χ2v) is 4.83. The predicted molar refractivity (Wildman–Crippen MR) is 77.9 cm³/mol. The van der Waals surface area contributed by atoms with E-state index in [4.69, 9.17) is 0 Å². The van der Waals surface area contributed by atoms with Gasteiger partial charge in [-0.1, -0.05) is 12.1 Å². The Kier molecular flexibility index (Phi) is 5.63. The van der Waals surface area contributed by atoms with Gasteiger partial charge in [-0.3, -0.25) is 4.79 Å². The van der Waals surface area contributed by atoms with E-state index >= 15 is 0 Å². The standard InChI is InChI=1S/C14H20N2O.ClH/c1-16(2)13-5-3-4-12(10-13)14(17)11-6-8-15-9-7-11;/h3-5,10-11,15H,6-9H2,1-2H3;1H. The lowest BCUT2D eigenvalue weighted by molar-refractivity contribution is 0.0895. The summed E-state index contributed by atoms with van der Waals surface area (Å²) < 4.78 is 0. The van der Waals surface area contributed by atoms with Gasteiger partial charge in [0, 0.05) is 31.3 Å². The number of hydrogen-bond donors (Lipinski definition) is 1. The number of piperidine rings is 1. The van der Waals surface area contributed by atoms with Crippen molar-refractivity contribution in [3.8, 4) is 0 Å². The van der Waals surface area contributed by atoms with Crippen molar-refractivity contribution in [2.45, 2.75) is 12.8 Å². The summed E-state index contributed by atoms with van der Waals surface area (Å²) in [6.07, 6.45) is 1.93. The maximum Gasteiger partial charge on any atom is 0.166 e. The zero-order valence-corrected chi connectivity index (χ0v) is 11.8. The first-order chi connectivity index (χ1) is 8.18. The Balaban J connectivity index is 0.00000162. The molecule has 0 amide bonds. The molecular formula is C14H21ClN2O. The fourth-order valence-corrected chi connectivity index (χ4v) is 2.26. The van der Waals surface area contributed by atoms with Crippen LogP contribution in [-0.4, -0.2) is 33.0 Å². The molecule has 1 aliphatic rings. The average Bonchev–Trinajstić information content (AvgIpc) is 2.39. The maximum absolute atomic E-state index is 12.3. The minimum Gasteiger partial charge on any atom is -0.378 e. The third kappa shape index (κ3) is 3.47. The molecule has 1 N–H and O–H groups in total. The molecule has 0 aromatic heterocycles. The van der Waals surface area contributed by atoms with Crippen LogP contribution >= 0.6 is 12.4 Å². The molecule has 4 heteroatoms. The number of rotatable bonds is 3. The van der Waals surface area contributed by atoms with Gasteiger partial charge in [0.2, 0.25) is 0 Å². The number of carbonyl (C=O) groups excluding carboxylic acids is 1. The molecule has 0 spiro atoms. The van der Waals surface area contributed by atoms with Gasteiger partial charge in [-0.05, 0) is 38.1 Å². The third-order valence-electron chi connectivity index (χ3n) is 3.36. The summed E-state index contributed by atoms with van der Waals surface area (Å²) >= 11 is 0. The van der Waals surface area contributed by atoms with Crippen molar-refractivity contribution in [3.63, 3.8) is 0 Å². The molecule has 0 saturated carbocycles. The lowest BCUT2D eigenvalue weighted by Gasteiger charge is -2.22. The topological polar surface area (TPSA) is 32.3 Å². The smallest absolute Gasteiger partial charge is 0.166 e. The zero-order valence-electron chi connectivity index (χ0n) is 11.0. The van der Waals surface area contributed by atoms with Gasteiger partial charge in [0.1, 0.15) is 0 Å². The molecule has 0 unspecified atom stereocenters. The normalized spacial score (nSPS) is 15.9. The van der Waals surface area contributed by atoms with Crippen LogP contribution in [-0.2, 0) is 0 Å². The predicted octanol–water partition coefficient (Wildman–Crippen LogP) is 2.36. The number of ketones is 1. The van der Waals surface area contributed by atoms with Crippen LogP contribution in [0.4, 0.5) is 5.69 Å². The molecule has 0 atom stereocenters. The van der Waals surface area contributed by atoms with Crippen molar-refractivity contribution in [3.05, 3.63) is 29.8 Å². The summed E-state index contributed by atoms with van der Waals surface area (Å²) in [5.74, 6) is 0.504. The van der Waals surface area contributed by atoms with Crippen LogP contribution in [0.1, 0.15) is 23.2 Å². The van der Waals surface area contributed by atoms with E-state index in [1.165, 1.54) is 0 Å². The molecule has 3 nitrogen and oxygen atoms in total. The molecule has 1 aliphatic heterocycles. The fraction of sp³-hybridized carbons (Fsp3) is 0.500. The first-order valence-electron chi connectivity index (χ1n) is 6.21. The van der Waals surface area contributed by atoms with E-state index in [1.807, 2.05) is 43.3 Å². The third-order valence-corrected chi connectivity index (χ3v) is 3.36. The van der Waals surface area contributed by atoms with E-state index < -0.39 is 0 Å². The molecule has 1 aromatic rings. The summed E-state index contributed by atoms with van der Waals surface area (Å²) in [5, 5.41) is 3.29. The quantitative estimate of drug-likeness (QED) is 0.855. The minimum absolute atomic E-state index is 0. The zero-order chi connectivity index (χ0) is 12.3. The molecular weight excluding hydrogens is 248 g/mol. The number of carbonyl (C=O) groups is 1. The first-order valence-corrected chi connectivity index (χ1v) is 6.21. The number of nitrogens with one attached hydrogen (secondary N) is 1. The Morgan fingerprint density at radius 1 is 1.28 bits per heavy atom. The van der Waals surface area contributed by atoms with Gasteiger partial charge in [0.15, 0.2) is 5.78 Å². The van der Waals surface area contributed by atoms with E-state index in [0.717, 1.165) is 37.2 Å². The number of halogens is 1. The highest BCUT2D eigenvalue weighted by Crippen LogP contribution is 2.21. The van der Waals surface area contributed by atoms with E-state index in [0.29, 0.717) is 5.78 Å². The molecule has 100 valence electrons. The van der Waals surface area contributed by atoms with Crippen molar-refractivity contribution in [1.29, 1.82) is 0 Å². The van der Waals surface area contributed by atoms with Crippen LogP contribution in [0.25, 0.3) is 0 Å². The van der Waals surface area contributed by atoms with Crippen LogP contribution in [0, 0.1) is 5.92 Å². The highest BCUT2D eigenvalue weighted by Gasteiger charge is 2.22. The Morgan fingerprint density at radius 2 is 1.94 bits per heavy atom. The lowest BCUT2D eigenvalue weighted by Crippen LogP contribution is -2.31. The molecule has 0 aliphatic carbocycles. The summed E-state index contributed by atoms with van der Waals surface area (Å²) in [6, 6.07) is 7.91. The van der Waals surface area contributed by atoms with E-state index in [1.54, 1.807) is 0 Å². The van der Waals surface area contributed by atoms with E-state index in [-0.39, 0.29) is 18.3 Å². The summed E-state index contributed by atoms with van der Waals surface area (Å²) in [4.78, 5) is 14.4. The number of benzene rings is 1. The highest BCUT2D eigenvalue weighted by molar-refractivity contribution is 5.98. The van der Waals surface area contributed by atoms with Crippen LogP contribution in [0.3, 0.4) is 0 Å². The number of Topliss-reactive ketones (excluding diaryl/α,β-unsaturated/α-hetero) is 1. The Bertz CT molecular complexity index is 401. The minimum atomic E-state index is 0. The van der Waals surface area contributed by atoms with Crippen molar-refractivity contribution in [1.82, 2.24) is 5.32 Å². The molecule has 1 fully saturated rings. The molecule has 0 bridgehead atoms. The van der Waals surface area contributed by atoms with Gasteiger partial charge in [0.25, 0.3) is 0 Å². The molecule has 1 saturated heterocycles. The van der Waals surface area contributed by atoms with Crippen LogP contribution < -0.4 is 10.2 Å². The molecule has 2 rings (SSSR count). The molecule has 1 heterocycles. The maximum atomic E-state index is 12.3. The lowest BCUT2D eigenvalue weighted by atomic mass is 9.89. The van der Waals surface area contributed by atoms with Gasteiger partial charge in [-0.15, -0.1) is 12.4 Å². The summed E-state index contributed by atoms with van der Waals surface area (Å²) in [5.41, 5.74) is 1.94. The van der Waals surface area contributed by atoms with Crippen LogP contribution in [0.2, 0.25) is 0 Å². The second-order valence-electron chi connectivity index (χ2n) is 4.83. The Labute approximate surface area is 115 Å². The van der Waals surface area contributed by atoms with Crippen LogP contribution in [0.5, 0.6) is 0 Å². The Hall–Kier alpha value is -1.06. The van der Waals surface area contributed by atoms with Gasteiger partial charge < -0.3 is 10.2 Å². The van der Waals surface area contributed by atoms with Crippen molar-refractivity contribution in [2.24, 2.45) is 5.92 Å². The van der Waals surface area contributed by atoms with Gasteiger partial charge in [-0.2, -0.15) is 0 Å². The summed E-state index contributed by atoms with van der Waals surface area (Å²) in [7, 11) is 3.99. The monoisotopic (exact) mass is 268 g/mol. The molecule has 1 aromatic carbocycles. The van der Waals surface area contributed by atoms with E-state index in [2.05, 4.69) is 5.32 Å². The fourth-order valence-electron chi connectivity index (χ4n) is 2.26. The summed E-state index contributed by atoms with van der Waals surface area (Å²) in [6.45, 7) is 1.92. The highest BCUT2D eigenvalue weighted by atomic mass is 35.5. The number of hydrogen-bond acceptors (Lipinski definition) is 3. The first kappa shape index (κ1) is 15.0. The average molecular weight is 269 g/mol. The van der Waals surface area contributed by atoms with Crippen molar-refractivity contribution < 1.29 is 4.79 Å². The largest absolute Gasteiger partial charge is 0.378 e. The van der Waals surface area contributed by atoms with Crippen molar-refractivity contribution in [2.75, 3.05) is 32.1 Å². The Morgan fingerprint density at radius 3 is 2.56 bits per heavy atom. The van der Waals surface area contributed by atoms with E-state index in [9.17, 15) is 4.79 Å². The SMILES string of the molecule is CN(C)c1cccc(C(=O)C2CCNCC2)c1.Cl. The van der Waals surface area contributed by atoms with Crippen molar-refractivity contribution >= 4 is 23.9 Å². The second kappa shape index (κ2) is 6.76. The number of nitrogens with zero attached hydrogens (tertiary/aromatic N) is 1.